The van der Waals surface area contributed by atoms with Crippen molar-refractivity contribution in [2.75, 3.05) is 33.4 Å². The third kappa shape index (κ3) is 8.64. The molecule has 0 heterocycles. The fourth-order valence-electron chi connectivity index (χ4n) is 1.22. The summed E-state index contributed by atoms with van der Waals surface area (Å²) in [6.45, 7) is 6.56. The molecule has 0 spiro atoms. The van der Waals surface area contributed by atoms with Crippen LogP contribution in [0, 0.1) is 0 Å². The van der Waals surface area contributed by atoms with Crippen LogP contribution in [-0.4, -0.2) is 45.7 Å². The van der Waals surface area contributed by atoms with Crippen LogP contribution in [0.15, 0.2) is 0 Å². The largest absolute Gasteiger partial charge is 0.469 e. The van der Waals surface area contributed by atoms with Crippen LogP contribution in [0.3, 0.4) is 0 Å². The number of carbonyl (C=O) groups is 1. The summed E-state index contributed by atoms with van der Waals surface area (Å²) >= 11 is 0. The molecule has 5 nitrogen and oxygen atoms in total. The molecule has 0 aliphatic heterocycles. The molecule has 0 aromatic rings. The first kappa shape index (κ1) is 15.3. The highest BCUT2D eigenvalue weighted by atomic mass is 16.7. The summed E-state index contributed by atoms with van der Waals surface area (Å²) in [7, 11) is 1.39. The number of esters is 1. The van der Waals surface area contributed by atoms with Gasteiger partial charge in [-0.3, -0.25) is 4.79 Å². The van der Waals surface area contributed by atoms with Crippen LogP contribution in [0.2, 0.25) is 0 Å². The van der Waals surface area contributed by atoms with Gasteiger partial charge in [0, 0.05) is 26.2 Å². The molecule has 5 heteroatoms. The smallest absolute Gasteiger partial charge is 0.306 e. The minimum Gasteiger partial charge on any atom is -0.469 e. The van der Waals surface area contributed by atoms with E-state index in [2.05, 4.69) is 10.1 Å². The summed E-state index contributed by atoms with van der Waals surface area (Å²) in [5, 5.41) is 3.14. The van der Waals surface area contributed by atoms with E-state index in [4.69, 9.17) is 9.47 Å². The molecular formula is C11H23NO4. The highest BCUT2D eigenvalue weighted by molar-refractivity contribution is 5.69. The van der Waals surface area contributed by atoms with Crippen LogP contribution < -0.4 is 5.32 Å². The van der Waals surface area contributed by atoms with Gasteiger partial charge in [-0.1, -0.05) is 0 Å². The number of rotatable bonds is 10. The van der Waals surface area contributed by atoms with Gasteiger partial charge in [-0.15, -0.1) is 0 Å². The Morgan fingerprint density at radius 3 is 2.31 bits per heavy atom. The molecule has 0 amide bonds. The lowest BCUT2D eigenvalue weighted by atomic mass is 10.3. The third-order valence-corrected chi connectivity index (χ3v) is 2.00. The second kappa shape index (κ2) is 10.9. The Labute approximate surface area is 97.4 Å². The molecule has 16 heavy (non-hydrogen) atoms. The van der Waals surface area contributed by atoms with Gasteiger partial charge >= 0.3 is 5.97 Å². The lowest BCUT2D eigenvalue weighted by Crippen LogP contribution is -2.26. The summed E-state index contributed by atoms with van der Waals surface area (Å²) < 4.78 is 15.3. The molecule has 96 valence electrons. The monoisotopic (exact) mass is 233 g/mol. The highest BCUT2D eigenvalue weighted by Gasteiger charge is 2.07. The molecule has 0 fully saturated rings. The number of nitrogens with one attached hydrogen (secondary N) is 1. The van der Waals surface area contributed by atoms with E-state index in [1.165, 1.54) is 7.11 Å². The second-order valence-corrected chi connectivity index (χ2v) is 3.21. The molecular weight excluding hydrogens is 210 g/mol. The van der Waals surface area contributed by atoms with Gasteiger partial charge in [0.25, 0.3) is 0 Å². The van der Waals surface area contributed by atoms with E-state index in [1.54, 1.807) is 0 Å². The Hall–Kier alpha value is -0.650. The maximum absolute atomic E-state index is 10.8. The minimum absolute atomic E-state index is 0.152. The topological polar surface area (TPSA) is 56.8 Å². The number of hydrogen-bond donors (Lipinski definition) is 1. The first-order valence-electron chi connectivity index (χ1n) is 5.75. The van der Waals surface area contributed by atoms with Crippen LogP contribution in [0.5, 0.6) is 0 Å². The maximum Gasteiger partial charge on any atom is 0.306 e. The lowest BCUT2D eigenvalue weighted by Gasteiger charge is -2.16. The molecule has 0 rings (SSSR count). The Kier molecular flexibility index (Phi) is 10.4. The van der Waals surface area contributed by atoms with E-state index in [1.807, 2.05) is 13.8 Å². The van der Waals surface area contributed by atoms with Gasteiger partial charge in [-0.2, -0.15) is 0 Å². The molecule has 0 atom stereocenters. The summed E-state index contributed by atoms with van der Waals surface area (Å²) in [5.74, 6) is -0.196. The number of hydrogen-bond acceptors (Lipinski definition) is 5. The van der Waals surface area contributed by atoms with Crippen LogP contribution in [0.4, 0.5) is 0 Å². The zero-order chi connectivity index (χ0) is 12.2. The van der Waals surface area contributed by atoms with Crippen LogP contribution in [0.25, 0.3) is 0 Å². The molecule has 0 aliphatic rings. The maximum atomic E-state index is 10.8. The predicted molar refractivity (Wildman–Crippen MR) is 61.2 cm³/mol. The van der Waals surface area contributed by atoms with E-state index in [-0.39, 0.29) is 12.3 Å². The molecule has 0 bridgehead atoms. The third-order valence-electron chi connectivity index (χ3n) is 2.00. The average molecular weight is 233 g/mol. The van der Waals surface area contributed by atoms with Crippen molar-refractivity contribution in [2.24, 2.45) is 0 Å². The van der Waals surface area contributed by atoms with Crippen molar-refractivity contribution in [3.05, 3.63) is 0 Å². The number of ether oxygens (including phenoxy) is 3. The molecule has 0 saturated heterocycles. The normalized spacial score (nSPS) is 10.8. The minimum atomic E-state index is -0.196. The molecule has 1 N–H and O–H groups in total. The summed E-state index contributed by atoms with van der Waals surface area (Å²) in [6.07, 6.45) is 1.02. The lowest BCUT2D eigenvalue weighted by molar-refractivity contribution is -0.140. The van der Waals surface area contributed by atoms with Crippen molar-refractivity contribution in [1.82, 2.24) is 5.32 Å². The van der Waals surface area contributed by atoms with E-state index in [0.717, 1.165) is 13.0 Å². The van der Waals surface area contributed by atoms with Crippen molar-refractivity contribution < 1.29 is 19.0 Å². The second-order valence-electron chi connectivity index (χ2n) is 3.21. The van der Waals surface area contributed by atoms with Crippen LogP contribution >= 0.6 is 0 Å². The number of carbonyl (C=O) groups excluding carboxylic acids is 1. The zero-order valence-corrected chi connectivity index (χ0v) is 10.5. The quantitative estimate of drug-likeness (QED) is 0.345. The standard InChI is InChI=1S/C11H23NO4/c1-4-15-11(16-5-2)7-9-12-8-6-10(13)14-3/h11-12H,4-9H2,1-3H3. The van der Waals surface area contributed by atoms with Crippen LogP contribution in [0.1, 0.15) is 26.7 Å². The predicted octanol–water partition coefficient (Wildman–Crippen LogP) is 0.928. The van der Waals surface area contributed by atoms with Crippen molar-refractivity contribution >= 4 is 5.97 Å². The van der Waals surface area contributed by atoms with Gasteiger partial charge in [-0.05, 0) is 20.4 Å². The average Bonchev–Trinajstić information content (AvgIpc) is 2.28. The summed E-state index contributed by atoms with van der Waals surface area (Å²) in [4.78, 5) is 10.8. The molecule has 0 aromatic heterocycles. The Morgan fingerprint density at radius 1 is 1.19 bits per heavy atom. The molecule has 0 saturated carbocycles. The van der Waals surface area contributed by atoms with E-state index >= 15 is 0 Å². The van der Waals surface area contributed by atoms with Crippen molar-refractivity contribution in [1.29, 1.82) is 0 Å². The Bertz CT molecular complexity index is 169. The summed E-state index contributed by atoms with van der Waals surface area (Å²) in [5.41, 5.74) is 0. The van der Waals surface area contributed by atoms with Crippen molar-refractivity contribution in [3.8, 4) is 0 Å². The molecule has 0 aromatic carbocycles. The molecule has 0 aliphatic carbocycles. The van der Waals surface area contributed by atoms with Crippen LogP contribution in [-0.2, 0) is 19.0 Å². The Morgan fingerprint density at radius 2 is 1.81 bits per heavy atom. The Balaban J connectivity index is 3.42. The fraction of sp³-hybridized carbons (Fsp3) is 0.909. The van der Waals surface area contributed by atoms with Gasteiger partial charge < -0.3 is 19.5 Å². The van der Waals surface area contributed by atoms with Gasteiger partial charge in [0.1, 0.15) is 0 Å². The van der Waals surface area contributed by atoms with Gasteiger partial charge in [0.2, 0.25) is 0 Å². The molecule has 0 unspecified atom stereocenters. The first-order chi connectivity index (χ1) is 7.74. The molecule has 0 radical (unpaired) electrons. The van der Waals surface area contributed by atoms with E-state index in [9.17, 15) is 4.79 Å². The SMILES string of the molecule is CCOC(CCNCCC(=O)OC)OCC. The van der Waals surface area contributed by atoms with Gasteiger partial charge in [0.05, 0.1) is 13.5 Å². The summed E-state index contributed by atoms with van der Waals surface area (Å²) in [6, 6.07) is 0. The number of methoxy groups -OCH3 is 1. The fourth-order valence-corrected chi connectivity index (χ4v) is 1.22. The van der Waals surface area contributed by atoms with Crippen molar-refractivity contribution in [2.45, 2.75) is 33.0 Å². The highest BCUT2D eigenvalue weighted by Crippen LogP contribution is 1.99. The van der Waals surface area contributed by atoms with Gasteiger partial charge in [0.15, 0.2) is 6.29 Å². The van der Waals surface area contributed by atoms with E-state index in [0.29, 0.717) is 26.2 Å². The van der Waals surface area contributed by atoms with Gasteiger partial charge in [-0.25, -0.2) is 0 Å². The first-order valence-corrected chi connectivity index (χ1v) is 5.75. The van der Waals surface area contributed by atoms with Crippen molar-refractivity contribution in [3.63, 3.8) is 0 Å². The zero-order valence-electron chi connectivity index (χ0n) is 10.5. The van der Waals surface area contributed by atoms with E-state index < -0.39 is 0 Å².